The molecule has 0 aromatic heterocycles. The van der Waals surface area contributed by atoms with Crippen molar-refractivity contribution in [2.45, 2.75) is 6.42 Å². The van der Waals surface area contributed by atoms with Gasteiger partial charge in [0.2, 0.25) is 0 Å². The molecule has 0 radical (unpaired) electrons. The van der Waals surface area contributed by atoms with Crippen LogP contribution in [0.15, 0.2) is 24.8 Å². The molecule has 0 aliphatic carbocycles. The average Bonchev–Trinajstić information content (AvgIpc) is 2.06. The van der Waals surface area contributed by atoms with E-state index in [1.165, 1.54) is 18.2 Å². The maximum absolute atomic E-state index is 13.0. The number of allylic oxidation sites excluding steroid dienone is 1. The van der Waals surface area contributed by atoms with Crippen LogP contribution in [-0.2, 0) is 6.42 Å². The second-order valence-corrected chi connectivity index (χ2v) is 2.76. The summed E-state index contributed by atoms with van der Waals surface area (Å²) in [4.78, 5) is 0. The number of aromatic hydroxyl groups is 1. The standard InChI is InChI=1S/C9H8ClFO/c1-2-3-6-8(11)5-4-7(10)9(6)12/h2,4-5,12H,1,3H2. The van der Waals surface area contributed by atoms with Crippen molar-refractivity contribution in [3.63, 3.8) is 0 Å². The first kappa shape index (κ1) is 9.07. The van der Waals surface area contributed by atoms with E-state index in [1.54, 1.807) is 0 Å². The number of phenolic OH excluding ortho intramolecular Hbond substituents is 1. The van der Waals surface area contributed by atoms with E-state index in [0.717, 1.165) is 0 Å². The number of halogens is 2. The van der Waals surface area contributed by atoms with E-state index >= 15 is 0 Å². The third-order valence-electron chi connectivity index (χ3n) is 1.52. The molecule has 0 aliphatic heterocycles. The van der Waals surface area contributed by atoms with E-state index in [2.05, 4.69) is 6.58 Å². The second kappa shape index (κ2) is 3.59. The normalized spacial score (nSPS) is 9.83. The molecule has 1 aromatic rings. The van der Waals surface area contributed by atoms with Gasteiger partial charge in [-0.3, -0.25) is 0 Å². The highest BCUT2D eigenvalue weighted by molar-refractivity contribution is 6.32. The third kappa shape index (κ3) is 1.59. The van der Waals surface area contributed by atoms with Gasteiger partial charge in [0.25, 0.3) is 0 Å². The summed E-state index contributed by atoms with van der Waals surface area (Å²) in [7, 11) is 0. The zero-order valence-corrected chi connectivity index (χ0v) is 7.11. The molecule has 0 fully saturated rings. The van der Waals surface area contributed by atoms with Crippen LogP contribution in [0.25, 0.3) is 0 Å². The first-order valence-corrected chi connectivity index (χ1v) is 3.81. The Morgan fingerprint density at radius 3 is 2.83 bits per heavy atom. The number of phenols is 1. The zero-order chi connectivity index (χ0) is 9.14. The van der Waals surface area contributed by atoms with Crippen LogP contribution in [0, 0.1) is 5.82 Å². The third-order valence-corrected chi connectivity index (χ3v) is 1.83. The van der Waals surface area contributed by atoms with Gasteiger partial charge in [-0.15, -0.1) is 6.58 Å². The lowest BCUT2D eigenvalue weighted by Crippen LogP contribution is -1.89. The highest BCUT2D eigenvalue weighted by Gasteiger charge is 2.09. The molecule has 0 bridgehead atoms. The first-order chi connectivity index (χ1) is 5.66. The van der Waals surface area contributed by atoms with Crippen molar-refractivity contribution in [1.29, 1.82) is 0 Å². The van der Waals surface area contributed by atoms with Crippen LogP contribution in [-0.4, -0.2) is 5.11 Å². The average molecular weight is 187 g/mol. The van der Waals surface area contributed by atoms with E-state index in [4.69, 9.17) is 11.6 Å². The molecule has 0 heterocycles. The van der Waals surface area contributed by atoms with Gasteiger partial charge in [-0.25, -0.2) is 4.39 Å². The summed E-state index contributed by atoms with van der Waals surface area (Å²) in [5, 5.41) is 9.45. The Balaban J connectivity index is 3.22. The van der Waals surface area contributed by atoms with Crippen molar-refractivity contribution in [2.75, 3.05) is 0 Å². The zero-order valence-electron chi connectivity index (χ0n) is 6.35. The number of hydrogen-bond acceptors (Lipinski definition) is 1. The predicted molar refractivity (Wildman–Crippen MR) is 47.0 cm³/mol. The fourth-order valence-corrected chi connectivity index (χ4v) is 1.10. The van der Waals surface area contributed by atoms with Crippen LogP contribution in [0.4, 0.5) is 4.39 Å². The quantitative estimate of drug-likeness (QED) is 0.705. The molecule has 0 unspecified atom stereocenters. The molecule has 1 aromatic carbocycles. The molecular weight excluding hydrogens is 179 g/mol. The summed E-state index contributed by atoms with van der Waals surface area (Å²) >= 11 is 5.57. The van der Waals surface area contributed by atoms with Gasteiger partial charge < -0.3 is 5.11 Å². The molecular formula is C9H8ClFO. The molecule has 1 rings (SSSR count). The predicted octanol–water partition coefficient (Wildman–Crippen LogP) is 2.91. The molecule has 0 saturated heterocycles. The van der Waals surface area contributed by atoms with Gasteiger partial charge in [0, 0.05) is 5.56 Å². The van der Waals surface area contributed by atoms with E-state index in [1.807, 2.05) is 0 Å². The Kier molecular flexibility index (Phi) is 2.71. The lowest BCUT2D eigenvalue weighted by atomic mass is 10.1. The largest absolute Gasteiger partial charge is 0.506 e. The minimum Gasteiger partial charge on any atom is -0.506 e. The second-order valence-electron chi connectivity index (χ2n) is 2.35. The van der Waals surface area contributed by atoms with E-state index in [-0.39, 0.29) is 22.8 Å². The number of hydrogen-bond donors (Lipinski definition) is 1. The van der Waals surface area contributed by atoms with Crippen molar-refractivity contribution >= 4 is 11.6 Å². The molecule has 0 aliphatic rings. The topological polar surface area (TPSA) is 20.2 Å². The van der Waals surface area contributed by atoms with Crippen molar-refractivity contribution in [2.24, 2.45) is 0 Å². The van der Waals surface area contributed by atoms with Gasteiger partial charge in [-0.05, 0) is 18.6 Å². The van der Waals surface area contributed by atoms with Crippen molar-refractivity contribution in [3.8, 4) is 5.75 Å². The summed E-state index contributed by atoms with van der Waals surface area (Å²) in [5.41, 5.74) is 0.192. The number of benzene rings is 1. The lowest BCUT2D eigenvalue weighted by Gasteiger charge is -2.04. The summed E-state index contributed by atoms with van der Waals surface area (Å²) in [6.07, 6.45) is 1.78. The maximum atomic E-state index is 13.0. The van der Waals surface area contributed by atoms with Crippen LogP contribution in [0.2, 0.25) is 5.02 Å². The fraction of sp³-hybridized carbons (Fsp3) is 0.111. The summed E-state index contributed by atoms with van der Waals surface area (Å²) < 4.78 is 13.0. The molecule has 0 saturated carbocycles. The lowest BCUT2D eigenvalue weighted by molar-refractivity contribution is 0.461. The Morgan fingerprint density at radius 1 is 1.58 bits per heavy atom. The minimum absolute atomic E-state index is 0.160. The van der Waals surface area contributed by atoms with Gasteiger partial charge in [-0.2, -0.15) is 0 Å². The van der Waals surface area contributed by atoms with Crippen LogP contribution in [0.5, 0.6) is 5.75 Å². The SMILES string of the molecule is C=CCc1c(F)ccc(Cl)c1O. The Bertz CT molecular complexity index is 310. The smallest absolute Gasteiger partial charge is 0.140 e. The van der Waals surface area contributed by atoms with E-state index < -0.39 is 5.82 Å². The van der Waals surface area contributed by atoms with Crippen LogP contribution >= 0.6 is 11.6 Å². The molecule has 1 N–H and O–H groups in total. The van der Waals surface area contributed by atoms with Crippen molar-refractivity contribution in [3.05, 3.63) is 41.2 Å². The van der Waals surface area contributed by atoms with Gasteiger partial charge in [0.15, 0.2) is 0 Å². The van der Waals surface area contributed by atoms with Gasteiger partial charge in [-0.1, -0.05) is 17.7 Å². The fourth-order valence-electron chi connectivity index (χ4n) is 0.922. The molecule has 0 amide bonds. The molecule has 64 valence electrons. The maximum Gasteiger partial charge on any atom is 0.140 e. The molecule has 12 heavy (non-hydrogen) atoms. The van der Waals surface area contributed by atoms with Crippen molar-refractivity contribution in [1.82, 2.24) is 0 Å². The Morgan fingerprint density at radius 2 is 2.25 bits per heavy atom. The van der Waals surface area contributed by atoms with Crippen LogP contribution in [0.3, 0.4) is 0 Å². The summed E-state index contributed by atoms with van der Waals surface area (Å²) in [5.74, 6) is -0.659. The highest BCUT2D eigenvalue weighted by Crippen LogP contribution is 2.29. The highest BCUT2D eigenvalue weighted by atomic mass is 35.5. The monoisotopic (exact) mass is 186 g/mol. The van der Waals surface area contributed by atoms with Gasteiger partial charge in [0.1, 0.15) is 11.6 Å². The Hall–Kier alpha value is -1.02. The summed E-state index contributed by atoms with van der Waals surface area (Å²) in [6, 6.07) is 2.54. The van der Waals surface area contributed by atoms with Gasteiger partial charge in [0.05, 0.1) is 5.02 Å². The minimum atomic E-state index is -0.461. The van der Waals surface area contributed by atoms with E-state index in [0.29, 0.717) is 0 Å². The summed E-state index contributed by atoms with van der Waals surface area (Å²) in [6.45, 7) is 3.45. The molecule has 1 nitrogen and oxygen atoms in total. The first-order valence-electron chi connectivity index (χ1n) is 3.43. The van der Waals surface area contributed by atoms with Gasteiger partial charge >= 0.3 is 0 Å². The van der Waals surface area contributed by atoms with Crippen molar-refractivity contribution < 1.29 is 9.50 Å². The molecule has 0 atom stereocenters. The van der Waals surface area contributed by atoms with Crippen LogP contribution in [0.1, 0.15) is 5.56 Å². The molecule has 3 heteroatoms. The molecule has 0 spiro atoms. The number of rotatable bonds is 2. The van der Waals surface area contributed by atoms with Crippen LogP contribution < -0.4 is 0 Å². The Labute approximate surface area is 75.1 Å². The van der Waals surface area contributed by atoms with E-state index in [9.17, 15) is 9.50 Å².